The average molecular weight is 346 g/mol. The highest BCUT2D eigenvalue weighted by Gasteiger charge is 2.15. The SMILES string of the molecule is CCC(=NNC(=O)c1ccc(C)c([N+](=O)[O-])c1)c1ccc(Cl)cc1. The van der Waals surface area contributed by atoms with Crippen molar-refractivity contribution in [2.24, 2.45) is 5.10 Å². The highest BCUT2D eigenvalue weighted by Crippen LogP contribution is 2.19. The molecule has 0 atom stereocenters. The fraction of sp³-hybridized carbons (Fsp3) is 0.176. The molecule has 0 unspecified atom stereocenters. The first-order valence-electron chi connectivity index (χ1n) is 7.30. The Bertz CT molecular complexity index is 801. The molecule has 0 aliphatic heterocycles. The molecule has 0 saturated carbocycles. The van der Waals surface area contributed by atoms with E-state index < -0.39 is 10.8 Å². The quantitative estimate of drug-likeness (QED) is 0.503. The van der Waals surface area contributed by atoms with E-state index in [1.54, 1.807) is 19.1 Å². The Morgan fingerprint density at radius 3 is 2.42 bits per heavy atom. The van der Waals surface area contributed by atoms with E-state index in [0.717, 1.165) is 5.56 Å². The highest BCUT2D eigenvalue weighted by atomic mass is 35.5. The highest BCUT2D eigenvalue weighted by molar-refractivity contribution is 6.30. The summed E-state index contributed by atoms with van der Waals surface area (Å²) in [6.45, 7) is 3.53. The van der Waals surface area contributed by atoms with Gasteiger partial charge in [0.1, 0.15) is 0 Å². The number of nitrogens with zero attached hydrogens (tertiary/aromatic N) is 2. The fourth-order valence-electron chi connectivity index (χ4n) is 2.12. The van der Waals surface area contributed by atoms with Gasteiger partial charge in [-0.15, -0.1) is 0 Å². The number of carbonyl (C=O) groups is 1. The van der Waals surface area contributed by atoms with Gasteiger partial charge in [-0.3, -0.25) is 14.9 Å². The number of carbonyl (C=O) groups excluding carboxylic acids is 1. The number of rotatable bonds is 5. The van der Waals surface area contributed by atoms with Gasteiger partial charge in [-0.05, 0) is 37.1 Å². The number of aryl methyl sites for hydroxylation is 1. The smallest absolute Gasteiger partial charge is 0.267 e. The number of amides is 1. The molecular formula is C17H16ClN3O3. The second-order valence-electron chi connectivity index (χ2n) is 5.12. The van der Waals surface area contributed by atoms with Crippen molar-refractivity contribution in [2.45, 2.75) is 20.3 Å². The Morgan fingerprint density at radius 2 is 1.83 bits per heavy atom. The minimum Gasteiger partial charge on any atom is -0.267 e. The molecule has 0 spiro atoms. The van der Waals surface area contributed by atoms with E-state index in [4.69, 9.17) is 11.6 Å². The lowest BCUT2D eigenvalue weighted by Gasteiger charge is -2.06. The van der Waals surface area contributed by atoms with Gasteiger partial charge in [0.2, 0.25) is 0 Å². The van der Waals surface area contributed by atoms with E-state index >= 15 is 0 Å². The van der Waals surface area contributed by atoms with Crippen LogP contribution in [0.4, 0.5) is 5.69 Å². The molecular weight excluding hydrogens is 330 g/mol. The van der Waals surface area contributed by atoms with Crippen molar-refractivity contribution in [1.29, 1.82) is 0 Å². The normalized spacial score (nSPS) is 11.2. The lowest BCUT2D eigenvalue weighted by Crippen LogP contribution is -2.20. The molecule has 0 bridgehead atoms. The van der Waals surface area contributed by atoms with E-state index in [-0.39, 0.29) is 11.3 Å². The average Bonchev–Trinajstić information content (AvgIpc) is 2.56. The van der Waals surface area contributed by atoms with Crippen LogP contribution in [0.3, 0.4) is 0 Å². The largest absolute Gasteiger partial charge is 0.273 e. The monoisotopic (exact) mass is 345 g/mol. The lowest BCUT2D eigenvalue weighted by atomic mass is 10.1. The molecule has 1 N–H and O–H groups in total. The molecule has 0 saturated heterocycles. The van der Waals surface area contributed by atoms with Crippen LogP contribution in [0, 0.1) is 17.0 Å². The van der Waals surface area contributed by atoms with E-state index in [2.05, 4.69) is 10.5 Å². The van der Waals surface area contributed by atoms with Crippen LogP contribution in [0.2, 0.25) is 5.02 Å². The molecule has 1 amide bonds. The number of nitrogens with one attached hydrogen (secondary N) is 1. The Balaban J connectivity index is 2.20. The summed E-state index contributed by atoms with van der Waals surface area (Å²) in [6, 6.07) is 11.4. The second kappa shape index (κ2) is 7.70. The molecule has 0 aromatic heterocycles. The third-order valence-corrected chi connectivity index (χ3v) is 3.72. The van der Waals surface area contributed by atoms with Gasteiger partial charge in [-0.1, -0.05) is 36.7 Å². The molecule has 0 fully saturated rings. The van der Waals surface area contributed by atoms with Gasteiger partial charge < -0.3 is 0 Å². The second-order valence-corrected chi connectivity index (χ2v) is 5.55. The van der Waals surface area contributed by atoms with E-state index in [1.165, 1.54) is 18.2 Å². The Kier molecular flexibility index (Phi) is 5.65. The zero-order valence-electron chi connectivity index (χ0n) is 13.2. The van der Waals surface area contributed by atoms with Gasteiger partial charge in [0, 0.05) is 22.2 Å². The van der Waals surface area contributed by atoms with Crippen LogP contribution in [-0.2, 0) is 0 Å². The third kappa shape index (κ3) is 4.17. The number of hydrogen-bond donors (Lipinski definition) is 1. The van der Waals surface area contributed by atoms with E-state index in [0.29, 0.717) is 22.7 Å². The molecule has 0 heterocycles. The maximum atomic E-state index is 12.2. The van der Waals surface area contributed by atoms with E-state index in [1.807, 2.05) is 19.1 Å². The zero-order valence-corrected chi connectivity index (χ0v) is 14.0. The Morgan fingerprint density at radius 1 is 1.21 bits per heavy atom. The van der Waals surface area contributed by atoms with Crippen LogP contribution in [0.15, 0.2) is 47.6 Å². The minimum atomic E-state index is -0.513. The predicted octanol–water partition coefficient (Wildman–Crippen LogP) is 4.10. The van der Waals surface area contributed by atoms with Crippen LogP contribution >= 0.6 is 11.6 Å². The molecule has 0 radical (unpaired) electrons. The summed E-state index contributed by atoms with van der Waals surface area (Å²) >= 11 is 5.86. The summed E-state index contributed by atoms with van der Waals surface area (Å²) in [6.07, 6.45) is 0.607. The summed E-state index contributed by atoms with van der Waals surface area (Å²) in [7, 11) is 0. The van der Waals surface area contributed by atoms with Crippen molar-refractivity contribution >= 4 is 28.9 Å². The van der Waals surface area contributed by atoms with Crippen molar-refractivity contribution in [2.75, 3.05) is 0 Å². The minimum absolute atomic E-state index is 0.0972. The first-order chi connectivity index (χ1) is 11.4. The molecule has 24 heavy (non-hydrogen) atoms. The van der Waals surface area contributed by atoms with Crippen LogP contribution in [0.5, 0.6) is 0 Å². The van der Waals surface area contributed by atoms with Crippen LogP contribution < -0.4 is 5.43 Å². The maximum absolute atomic E-state index is 12.2. The van der Waals surface area contributed by atoms with Gasteiger partial charge in [0.15, 0.2) is 0 Å². The standard InChI is InChI=1S/C17H16ClN3O3/c1-3-15(12-6-8-14(18)9-7-12)19-20-17(22)13-5-4-11(2)16(10-13)21(23)24/h4-10H,3H2,1-2H3,(H,20,22). The van der Waals surface area contributed by atoms with Crippen LogP contribution in [0.1, 0.15) is 34.8 Å². The summed E-state index contributed by atoms with van der Waals surface area (Å²) in [5.41, 5.74) is 4.55. The molecule has 0 aliphatic carbocycles. The van der Waals surface area contributed by atoms with E-state index in [9.17, 15) is 14.9 Å². The van der Waals surface area contributed by atoms with Gasteiger partial charge in [0.05, 0.1) is 10.6 Å². The van der Waals surface area contributed by atoms with Crippen LogP contribution in [-0.4, -0.2) is 16.5 Å². The van der Waals surface area contributed by atoms with Crippen molar-refractivity contribution in [3.8, 4) is 0 Å². The number of benzene rings is 2. The number of hydrazone groups is 1. The maximum Gasteiger partial charge on any atom is 0.273 e. The lowest BCUT2D eigenvalue weighted by molar-refractivity contribution is -0.385. The molecule has 6 nitrogen and oxygen atoms in total. The van der Waals surface area contributed by atoms with Gasteiger partial charge >= 0.3 is 0 Å². The number of nitro groups is 1. The third-order valence-electron chi connectivity index (χ3n) is 3.47. The van der Waals surface area contributed by atoms with Crippen molar-refractivity contribution in [3.63, 3.8) is 0 Å². The van der Waals surface area contributed by atoms with Crippen molar-refractivity contribution < 1.29 is 9.72 Å². The Hall–Kier alpha value is -2.73. The topological polar surface area (TPSA) is 84.6 Å². The van der Waals surface area contributed by atoms with Gasteiger partial charge in [0.25, 0.3) is 11.6 Å². The van der Waals surface area contributed by atoms with Crippen molar-refractivity contribution in [1.82, 2.24) is 5.43 Å². The first kappa shape index (κ1) is 17.6. The summed E-state index contributed by atoms with van der Waals surface area (Å²) in [5.74, 6) is -0.502. The molecule has 2 aromatic rings. The first-order valence-corrected chi connectivity index (χ1v) is 7.68. The van der Waals surface area contributed by atoms with Gasteiger partial charge in [-0.2, -0.15) is 5.10 Å². The predicted molar refractivity (Wildman–Crippen MR) is 93.6 cm³/mol. The summed E-state index contributed by atoms with van der Waals surface area (Å²) in [5, 5.41) is 15.7. The molecule has 0 aliphatic rings. The fourth-order valence-corrected chi connectivity index (χ4v) is 2.25. The van der Waals surface area contributed by atoms with Crippen LogP contribution in [0.25, 0.3) is 0 Å². The zero-order chi connectivity index (χ0) is 17.7. The molecule has 124 valence electrons. The van der Waals surface area contributed by atoms with Crippen molar-refractivity contribution in [3.05, 3.63) is 74.3 Å². The number of halogens is 1. The Labute approximate surface area is 144 Å². The molecule has 7 heteroatoms. The molecule has 2 aromatic carbocycles. The van der Waals surface area contributed by atoms with Gasteiger partial charge in [-0.25, -0.2) is 5.43 Å². The summed E-state index contributed by atoms with van der Waals surface area (Å²) < 4.78 is 0. The number of hydrogen-bond acceptors (Lipinski definition) is 4. The number of nitro benzene ring substituents is 1. The molecule has 2 rings (SSSR count). The summed E-state index contributed by atoms with van der Waals surface area (Å²) in [4.78, 5) is 22.6.